The fourth-order valence-electron chi connectivity index (χ4n) is 4.32. The van der Waals surface area contributed by atoms with Crippen LogP contribution in [0.15, 0.2) is 15.8 Å². The second kappa shape index (κ2) is 9.08. The predicted molar refractivity (Wildman–Crippen MR) is 125 cm³/mol. The topological polar surface area (TPSA) is 150 Å². The average molecular weight is 512 g/mol. The zero-order valence-electron chi connectivity index (χ0n) is 19.7. The maximum atomic E-state index is 13.1. The molecule has 0 aromatic carbocycles. The zero-order valence-corrected chi connectivity index (χ0v) is 21.3. The lowest BCUT2D eigenvalue weighted by atomic mass is 9.79. The number of aromatic nitrogens is 3. The van der Waals surface area contributed by atoms with Gasteiger partial charge in [-0.25, -0.2) is 9.48 Å². The summed E-state index contributed by atoms with van der Waals surface area (Å²) in [5.41, 5.74) is 5.13. The highest BCUT2D eigenvalue weighted by atomic mass is 32.2. The molecule has 1 aromatic heterocycles. The lowest BCUT2D eigenvalue weighted by Crippen LogP contribution is -2.63. The van der Waals surface area contributed by atoms with Crippen molar-refractivity contribution < 1.29 is 29.0 Å². The number of amides is 1. The number of fused-ring (bicyclic) bond motifs is 2. The molecular weight excluding hydrogens is 482 g/mol. The van der Waals surface area contributed by atoms with E-state index < -0.39 is 36.2 Å². The van der Waals surface area contributed by atoms with Crippen molar-refractivity contribution in [2.45, 2.75) is 63.7 Å². The van der Waals surface area contributed by atoms with Gasteiger partial charge in [0, 0.05) is 21.8 Å². The zero-order chi connectivity index (χ0) is 24.9. The highest BCUT2D eigenvalue weighted by Crippen LogP contribution is 2.52. The minimum Gasteiger partial charge on any atom is -0.427 e. The molecule has 13 heteroatoms. The normalized spacial score (nSPS) is 27.1. The molecule has 0 aliphatic carbocycles. The van der Waals surface area contributed by atoms with Gasteiger partial charge in [0.25, 0.3) is 0 Å². The van der Waals surface area contributed by atoms with Gasteiger partial charge < -0.3 is 25.2 Å². The third-order valence-corrected chi connectivity index (χ3v) is 8.83. The monoisotopic (exact) mass is 511 g/mol. The predicted octanol–water partition coefficient (Wildman–Crippen LogP) is 1.23. The molecule has 0 spiro atoms. The largest absolute Gasteiger partial charge is 0.427 e. The minimum atomic E-state index is -0.837. The van der Waals surface area contributed by atoms with Crippen LogP contribution in [0.2, 0.25) is 0 Å². The molecule has 5 atom stereocenters. The van der Waals surface area contributed by atoms with E-state index in [1.54, 1.807) is 32.4 Å². The van der Waals surface area contributed by atoms with Crippen LogP contribution >= 0.6 is 23.5 Å². The number of hydrogen-bond acceptors (Lipinski definition) is 11. The Morgan fingerprint density at radius 2 is 2.06 bits per heavy atom. The van der Waals surface area contributed by atoms with E-state index in [2.05, 4.69) is 10.1 Å². The quantitative estimate of drug-likeness (QED) is 0.322. The van der Waals surface area contributed by atoms with Crippen LogP contribution in [-0.4, -0.2) is 72.6 Å². The van der Waals surface area contributed by atoms with Gasteiger partial charge in [0.05, 0.1) is 30.0 Å². The summed E-state index contributed by atoms with van der Waals surface area (Å²) in [6.45, 7) is 8.62. The van der Waals surface area contributed by atoms with Crippen molar-refractivity contribution in [3.05, 3.63) is 10.6 Å². The van der Waals surface area contributed by atoms with Gasteiger partial charge >= 0.3 is 11.9 Å². The number of esters is 2. The fraction of sp³-hybridized carbons (Fsp3) is 0.667. The van der Waals surface area contributed by atoms with Gasteiger partial charge in [-0.1, -0.05) is 18.7 Å². The van der Waals surface area contributed by atoms with Crippen LogP contribution in [0.3, 0.4) is 0 Å². The third-order valence-electron chi connectivity index (χ3n) is 6.02. The summed E-state index contributed by atoms with van der Waals surface area (Å²) in [7, 11) is 0. The summed E-state index contributed by atoms with van der Waals surface area (Å²) >= 11 is 3.02. The van der Waals surface area contributed by atoms with E-state index in [0.29, 0.717) is 6.54 Å². The molecule has 1 aromatic rings. The highest BCUT2D eigenvalue weighted by molar-refractivity contribution is 8.05. The Labute approximate surface area is 205 Å². The number of carbonyl (C=O) groups excluding carboxylic acids is 3. The van der Waals surface area contributed by atoms with Crippen LogP contribution in [0.25, 0.3) is 0 Å². The molecule has 1 fully saturated rings. The van der Waals surface area contributed by atoms with Crippen molar-refractivity contribution >= 4 is 47.3 Å². The summed E-state index contributed by atoms with van der Waals surface area (Å²) in [5, 5.41) is 15.2. The van der Waals surface area contributed by atoms with E-state index in [1.807, 2.05) is 6.92 Å². The van der Waals surface area contributed by atoms with Crippen LogP contribution in [0.4, 0.5) is 5.95 Å². The van der Waals surface area contributed by atoms with Crippen molar-refractivity contribution in [1.82, 2.24) is 19.7 Å². The molecule has 0 bridgehead atoms. The van der Waals surface area contributed by atoms with Gasteiger partial charge in [0.2, 0.25) is 18.6 Å². The van der Waals surface area contributed by atoms with E-state index in [9.17, 15) is 19.5 Å². The van der Waals surface area contributed by atoms with Crippen LogP contribution in [0.5, 0.6) is 0 Å². The minimum absolute atomic E-state index is 0.0522. The van der Waals surface area contributed by atoms with Crippen molar-refractivity contribution in [3.8, 4) is 0 Å². The first-order valence-corrected chi connectivity index (χ1v) is 12.9. The van der Waals surface area contributed by atoms with Crippen LogP contribution < -0.4 is 5.73 Å². The number of aliphatic hydroxyl groups excluding tert-OH is 1. The number of nitrogens with zero attached hydrogens (tertiary/aromatic N) is 4. The molecule has 34 heavy (non-hydrogen) atoms. The van der Waals surface area contributed by atoms with Crippen LogP contribution in [0, 0.1) is 17.3 Å². The lowest BCUT2D eigenvalue weighted by Gasteiger charge is -2.46. The summed E-state index contributed by atoms with van der Waals surface area (Å²) in [4.78, 5) is 44.3. The third kappa shape index (κ3) is 4.40. The van der Waals surface area contributed by atoms with Crippen molar-refractivity contribution in [2.75, 3.05) is 18.3 Å². The molecule has 1 amide bonds. The van der Waals surface area contributed by atoms with E-state index >= 15 is 0 Å². The van der Waals surface area contributed by atoms with E-state index in [4.69, 9.17) is 15.2 Å². The van der Waals surface area contributed by atoms with Crippen LogP contribution in [-0.2, 0) is 30.4 Å². The molecule has 186 valence electrons. The van der Waals surface area contributed by atoms with Gasteiger partial charge in [0.15, 0.2) is 5.16 Å². The van der Waals surface area contributed by atoms with E-state index in [1.165, 1.54) is 28.4 Å². The van der Waals surface area contributed by atoms with Gasteiger partial charge in [-0.05, 0) is 27.7 Å². The summed E-state index contributed by atoms with van der Waals surface area (Å²) in [6, 6.07) is -0.330. The van der Waals surface area contributed by atoms with Crippen molar-refractivity contribution in [2.24, 2.45) is 17.3 Å². The Morgan fingerprint density at radius 3 is 2.71 bits per heavy atom. The Bertz CT molecular complexity index is 1050. The number of nitrogen functional groups attached to an aromatic ring is 1. The summed E-state index contributed by atoms with van der Waals surface area (Å²) in [6.07, 6.45) is -0.837. The molecule has 4 rings (SSSR count). The fourth-order valence-corrected chi connectivity index (χ4v) is 6.89. The first-order valence-electron chi connectivity index (χ1n) is 11.0. The maximum Gasteiger partial charge on any atom is 0.358 e. The van der Waals surface area contributed by atoms with Gasteiger partial charge in [0.1, 0.15) is 5.70 Å². The first kappa shape index (κ1) is 24.9. The number of anilines is 1. The molecule has 0 unspecified atom stereocenters. The number of hydrogen-bond donors (Lipinski definition) is 2. The number of β-lactam (4-membered cyclic amide) rings is 1. The second-order valence-electron chi connectivity index (χ2n) is 9.68. The number of nitrogens with two attached hydrogens (primary N) is 1. The average Bonchev–Trinajstić information content (AvgIpc) is 3.21. The Morgan fingerprint density at radius 1 is 1.35 bits per heavy atom. The van der Waals surface area contributed by atoms with Crippen molar-refractivity contribution in [1.29, 1.82) is 0 Å². The molecule has 3 N–H and O–H groups in total. The SMILES string of the molecule is C[C@@H](O)[C@H]1C(=O)N2C(C(=O)OCOC(=O)C(C)(C)C)=C(S[C@@H]3CSc4nc(N)nn4C3)[C@H](C)[C@H]12. The molecule has 3 aliphatic rings. The molecule has 0 radical (unpaired) electrons. The first-order chi connectivity index (χ1) is 15.9. The van der Waals surface area contributed by atoms with Gasteiger partial charge in [-0.2, -0.15) is 4.98 Å². The molecule has 1 saturated heterocycles. The number of ether oxygens (including phenoxy) is 2. The summed E-state index contributed by atoms with van der Waals surface area (Å²) < 4.78 is 12.1. The molecule has 11 nitrogen and oxygen atoms in total. The maximum absolute atomic E-state index is 13.1. The van der Waals surface area contributed by atoms with Gasteiger partial charge in [-0.3, -0.25) is 9.59 Å². The van der Waals surface area contributed by atoms with Gasteiger partial charge in [-0.15, -0.1) is 16.9 Å². The number of thioether (sulfide) groups is 2. The molecule has 0 saturated carbocycles. The van der Waals surface area contributed by atoms with Crippen LogP contribution in [0.1, 0.15) is 34.6 Å². The lowest BCUT2D eigenvalue weighted by molar-refractivity contribution is -0.175. The Balaban J connectivity index is 1.54. The Hall–Kier alpha value is -2.25. The number of aliphatic hydroxyl groups is 1. The van der Waals surface area contributed by atoms with Crippen molar-refractivity contribution in [3.63, 3.8) is 0 Å². The Kier molecular flexibility index (Phi) is 6.64. The molecule has 4 heterocycles. The summed E-state index contributed by atoms with van der Waals surface area (Å²) in [5.74, 6) is -1.37. The number of carbonyl (C=O) groups is 3. The van der Waals surface area contributed by atoms with E-state index in [0.717, 1.165) is 15.8 Å². The highest BCUT2D eigenvalue weighted by Gasteiger charge is 2.60. The second-order valence-corrected chi connectivity index (χ2v) is 12.0. The smallest absolute Gasteiger partial charge is 0.358 e. The standard InChI is InChI=1S/C21H29N5O6S2/c1-9-13-12(10(2)27)16(28)26(13)14(17(29)31-8-32-18(30)21(3,4)5)15(9)34-11-6-25-20(33-7-11)23-19(22)24-25/h9-13,27H,6-8H2,1-5H3,(H2,22,24)/t9-,10-,11+,12-,13-/m1/s1. The molecule has 3 aliphatic heterocycles. The van der Waals surface area contributed by atoms with E-state index in [-0.39, 0.29) is 34.8 Å². The number of rotatable bonds is 6. The molecular formula is C21H29N5O6S2.